The first kappa shape index (κ1) is 13.8. The molecule has 0 spiro atoms. The van der Waals surface area contributed by atoms with E-state index in [2.05, 4.69) is 19.1 Å². The second kappa shape index (κ2) is 6.53. The van der Waals surface area contributed by atoms with Gasteiger partial charge < -0.3 is 9.64 Å². The minimum atomic E-state index is 0.108. The minimum Gasteiger partial charge on any atom is -0.378 e. The Balaban J connectivity index is 2.20. The molecule has 0 bridgehead atoms. The number of morpholine rings is 1. The van der Waals surface area contributed by atoms with E-state index in [9.17, 15) is 4.79 Å². The highest BCUT2D eigenvalue weighted by Gasteiger charge is 2.18. The molecule has 19 heavy (non-hydrogen) atoms. The van der Waals surface area contributed by atoms with Crippen LogP contribution in [0, 0.1) is 0 Å². The molecule has 0 saturated carbocycles. The SMILES string of the molecule is C/C=C(\CC)c1cccc(C(=O)N2CCOCC2)c1. The standard InChI is InChI=1S/C16H21NO2/c1-3-13(4-2)14-6-5-7-15(12-14)16(18)17-8-10-19-11-9-17/h3,5-7,12H,4,8-11H2,1-2H3/b13-3+. The van der Waals surface area contributed by atoms with Crippen LogP contribution in [0.4, 0.5) is 0 Å². The summed E-state index contributed by atoms with van der Waals surface area (Å²) in [4.78, 5) is 14.3. The lowest BCUT2D eigenvalue weighted by Gasteiger charge is -2.27. The third-order valence-corrected chi connectivity index (χ3v) is 3.51. The highest BCUT2D eigenvalue weighted by atomic mass is 16.5. The lowest BCUT2D eigenvalue weighted by Crippen LogP contribution is -2.40. The predicted molar refractivity (Wildman–Crippen MR) is 77.1 cm³/mol. The molecule has 0 aliphatic carbocycles. The van der Waals surface area contributed by atoms with Crippen molar-refractivity contribution in [2.24, 2.45) is 0 Å². The minimum absolute atomic E-state index is 0.108. The number of hydrogen-bond acceptors (Lipinski definition) is 2. The van der Waals surface area contributed by atoms with Gasteiger partial charge >= 0.3 is 0 Å². The van der Waals surface area contributed by atoms with Crippen molar-refractivity contribution >= 4 is 11.5 Å². The van der Waals surface area contributed by atoms with Gasteiger partial charge in [-0.1, -0.05) is 25.1 Å². The maximum absolute atomic E-state index is 12.4. The Morgan fingerprint density at radius 1 is 1.32 bits per heavy atom. The monoisotopic (exact) mass is 259 g/mol. The average Bonchev–Trinajstić information content (AvgIpc) is 2.49. The van der Waals surface area contributed by atoms with Crippen LogP contribution in [-0.2, 0) is 4.74 Å². The summed E-state index contributed by atoms with van der Waals surface area (Å²) in [5.41, 5.74) is 3.19. The first-order chi connectivity index (χ1) is 9.26. The number of carbonyl (C=O) groups is 1. The fraction of sp³-hybridized carbons (Fsp3) is 0.438. The van der Waals surface area contributed by atoms with E-state index in [4.69, 9.17) is 4.74 Å². The van der Waals surface area contributed by atoms with Gasteiger partial charge in [-0.3, -0.25) is 4.79 Å². The molecule has 1 aromatic rings. The summed E-state index contributed by atoms with van der Waals surface area (Å²) in [5.74, 6) is 0.108. The Hall–Kier alpha value is -1.61. The molecule has 1 aliphatic heterocycles. The fourth-order valence-electron chi connectivity index (χ4n) is 2.38. The van der Waals surface area contributed by atoms with Gasteiger partial charge in [-0.05, 0) is 36.6 Å². The van der Waals surface area contributed by atoms with Crippen LogP contribution in [-0.4, -0.2) is 37.1 Å². The van der Waals surface area contributed by atoms with Crippen LogP contribution < -0.4 is 0 Å². The van der Waals surface area contributed by atoms with Crippen molar-refractivity contribution in [3.05, 3.63) is 41.5 Å². The van der Waals surface area contributed by atoms with Crippen molar-refractivity contribution in [1.82, 2.24) is 4.90 Å². The lowest BCUT2D eigenvalue weighted by molar-refractivity contribution is 0.0303. The van der Waals surface area contributed by atoms with E-state index in [1.165, 1.54) is 5.57 Å². The topological polar surface area (TPSA) is 29.5 Å². The third kappa shape index (κ3) is 3.24. The van der Waals surface area contributed by atoms with Crippen LogP contribution in [0.25, 0.3) is 5.57 Å². The molecule has 2 rings (SSSR count). The van der Waals surface area contributed by atoms with Crippen molar-refractivity contribution in [1.29, 1.82) is 0 Å². The van der Waals surface area contributed by atoms with Gasteiger partial charge in [0.25, 0.3) is 5.91 Å². The first-order valence-electron chi connectivity index (χ1n) is 6.89. The Morgan fingerprint density at radius 3 is 2.63 bits per heavy atom. The molecular weight excluding hydrogens is 238 g/mol. The molecule has 1 amide bonds. The Labute approximate surface area is 114 Å². The average molecular weight is 259 g/mol. The Bertz CT molecular complexity index is 473. The van der Waals surface area contributed by atoms with E-state index in [-0.39, 0.29) is 5.91 Å². The largest absolute Gasteiger partial charge is 0.378 e. The number of amides is 1. The summed E-state index contributed by atoms with van der Waals surface area (Å²) < 4.78 is 5.28. The van der Waals surface area contributed by atoms with Crippen molar-refractivity contribution < 1.29 is 9.53 Å². The van der Waals surface area contributed by atoms with Gasteiger partial charge in [0, 0.05) is 18.7 Å². The molecule has 3 nitrogen and oxygen atoms in total. The number of rotatable bonds is 3. The Kier molecular flexibility index (Phi) is 4.74. The summed E-state index contributed by atoms with van der Waals surface area (Å²) in [6.45, 7) is 6.82. The molecule has 1 saturated heterocycles. The van der Waals surface area contributed by atoms with Crippen molar-refractivity contribution in [3.8, 4) is 0 Å². The fourth-order valence-corrected chi connectivity index (χ4v) is 2.38. The van der Waals surface area contributed by atoms with E-state index >= 15 is 0 Å². The summed E-state index contributed by atoms with van der Waals surface area (Å²) in [5, 5.41) is 0. The van der Waals surface area contributed by atoms with Crippen molar-refractivity contribution in [2.75, 3.05) is 26.3 Å². The van der Waals surface area contributed by atoms with Crippen LogP contribution in [0.2, 0.25) is 0 Å². The van der Waals surface area contributed by atoms with Gasteiger partial charge in [-0.15, -0.1) is 0 Å². The highest BCUT2D eigenvalue weighted by molar-refractivity contribution is 5.95. The van der Waals surface area contributed by atoms with E-state index in [0.717, 1.165) is 17.5 Å². The normalized spacial score (nSPS) is 16.5. The van der Waals surface area contributed by atoms with Gasteiger partial charge in [0.05, 0.1) is 13.2 Å². The Morgan fingerprint density at radius 2 is 2.00 bits per heavy atom. The number of nitrogens with zero attached hydrogens (tertiary/aromatic N) is 1. The first-order valence-corrected chi connectivity index (χ1v) is 6.89. The maximum atomic E-state index is 12.4. The van der Waals surface area contributed by atoms with Crippen LogP contribution >= 0.6 is 0 Å². The molecule has 0 N–H and O–H groups in total. The molecule has 102 valence electrons. The van der Waals surface area contributed by atoms with Crippen LogP contribution in [0.1, 0.15) is 36.2 Å². The lowest BCUT2D eigenvalue weighted by atomic mass is 10.0. The van der Waals surface area contributed by atoms with Crippen LogP contribution in [0.15, 0.2) is 30.3 Å². The zero-order valence-corrected chi connectivity index (χ0v) is 11.7. The maximum Gasteiger partial charge on any atom is 0.254 e. The highest BCUT2D eigenvalue weighted by Crippen LogP contribution is 2.20. The number of carbonyl (C=O) groups excluding carboxylic acids is 1. The second-order valence-electron chi connectivity index (χ2n) is 4.65. The van der Waals surface area contributed by atoms with Crippen LogP contribution in [0.5, 0.6) is 0 Å². The van der Waals surface area contributed by atoms with Gasteiger partial charge in [0.1, 0.15) is 0 Å². The van der Waals surface area contributed by atoms with Gasteiger partial charge in [-0.2, -0.15) is 0 Å². The molecule has 0 aromatic heterocycles. The zero-order chi connectivity index (χ0) is 13.7. The number of allylic oxidation sites excluding steroid dienone is 2. The summed E-state index contributed by atoms with van der Waals surface area (Å²) in [6, 6.07) is 7.91. The molecule has 3 heteroatoms. The molecule has 0 atom stereocenters. The van der Waals surface area contributed by atoms with Crippen molar-refractivity contribution in [2.45, 2.75) is 20.3 Å². The third-order valence-electron chi connectivity index (χ3n) is 3.51. The molecule has 0 unspecified atom stereocenters. The van der Waals surface area contributed by atoms with Gasteiger partial charge in [-0.25, -0.2) is 0 Å². The van der Waals surface area contributed by atoms with E-state index < -0.39 is 0 Å². The zero-order valence-electron chi connectivity index (χ0n) is 11.7. The molecular formula is C16H21NO2. The summed E-state index contributed by atoms with van der Waals surface area (Å²) in [6.07, 6.45) is 3.09. The molecule has 1 aromatic carbocycles. The number of benzene rings is 1. The summed E-state index contributed by atoms with van der Waals surface area (Å²) in [7, 11) is 0. The van der Waals surface area contributed by atoms with Crippen molar-refractivity contribution in [3.63, 3.8) is 0 Å². The van der Waals surface area contributed by atoms with Gasteiger partial charge in [0.2, 0.25) is 0 Å². The number of ether oxygens (including phenoxy) is 1. The van der Waals surface area contributed by atoms with E-state index in [1.807, 2.05) is 30.0 Å². The smallest absolute Gasteiger partial charge is 0.254 e. The molecule has 0 radical (unpaired) electrons. The molecule has 1 fully saturated rings. The van der Waals surface area contributed by atoms with Crippen LogP contribution in [0.3, 0.4) is 0 Å². The predicted octanol–water partition coefficient (Wildman–Crippen LogP) is 2.97. The second-order valence-corrected chi connectivity index (χ2v) is 4.65. The quantitative estimate of drug-likeness (QED) is 0.835. The van der Waals surface area contributed by atoms with E-state index in [0.29, 0.717) is 26.3 Å². The summed E-state index contributed by atoms with van der Waals surface area (Å²) >= 11 is 0. The molecule has 1 aliphatic rings. The van der Waals surface area contributed by atoms with E-state index in [1.54, 1.807) is 0 Å². The van der Waals surface area contributed by atoms with Gasteiger partial charge in [0.15, 0.2) is 0 Å². The molecule has 1 heterocycles. The number of hydrogen-bond donors (Lipinski definition) is 0.